The van der Waals surface area contributed by atoms with Crippen LogP contribution in [0.15, 0.2) is 53.7 Å². The number of rotatable bonds is 5. The van der Waals surface area contributed by atoms with Crippen molar-refractivity contribution in [1.82, 2.24) is 14.5 Å². The van der Waals surface area contributed by atoms with E-state index in [1.807, 2.05) is 36.5 Å². The minimum Gasteiger partial charge on any atom is -0.481 e. The fourth-order valence-electron chi connectivity index (χ4n) is 4.12. The van der Waals surface area contributed by atoms with Crippen LogP contribution in [0.2, 0.25) is 5.02 Å². The number of hydrogen-bond donors (Lipinski definition) is 2. The molecule has 0 saturated heterocycles. The van der Waals surface area contributed by atoms with E-state index in [1.54, 1.807) is 17.8 Å². The molecule has 2 aromatic carbocycles. The summed E-state index contributed by atoms with van der Waals surface area (Å²) >= 11 is 8.02. The second kappa shape index (κ2) is 8.11. The van der Waals surface area contributed by atoms with Crippen LogP contribution in [0.3, 0.4) is 0 Å². The summed E-state index contributed by atoms with van der Waals surface area (Å²) in [6.45, 7) is 0.673. The van der Waals surface area contributed by atoms with Gasteiger partial charge < -0.3 is 15.4 Å². The van der Waals surface area contributed by atoms with Crippen LogP contribution in [-0.4, -0.2) is 31.4 Å². The van der Waals surface area contributed by atoms with E-state index in [0.717, 1.165) is 28.4 Å². The molecule has 6 nitrogen and oxygen atoms in total. The van der Waals surface area contributed by atoms with Gasteiger partial charge in [0, 0.05) is 50.8 Å². The summed E-state index contributed by atoms with van der Waals surface area (Å²) in [5, 5.41) is 10.9. The molecule has 9 heteroatoms. The Hall–Kier alpha value is -3.10. The highest BCUT2D eigenvalue weighted by atomic mass is 35.5. The van der Waals surface area contributed by atoms with Crippen molar-refractivity contribution in [2.45, 2.75) is 23.8 Å². The number of hydrogen-bond acceptors (Lipinski definition) is 5. The first-order chi connectivity index (χ1) is 15.4. The number of carbonyl (C=O) groups is 1. The number of fused-ring (bicyclic) bond motifs is 2. The lowest BCUT2D eigenvalue weighted by Crippen LogP contribution is -2.08. The van der Waals surface area contributed by atoms with Crippen LogP contribution in [0.4, 0.5) is 10.2 Å². The molecule has 3 N–H and O–H groups in total. The average molecular weight is 469 g/mol. The maximum absolute atomic E-state index is 13.5. The van der Waals surface area contributed by atoms with E-state index in [2.05, 4.69) is 14.5 Å². The van der Waals surface area contributed by atoms with Gasteiger partial charge in [0.2, 0.25) is 0 Å². The molecule has 162 valence electrons. The van der Waals surface area contributed by atoms with Gasteiger partial charge in [0.15, 0.2) is 17.5 Å². The molecule has 0 fully saturated rings. The largest absolute Gasteiger partial charge is 0.481 e. The zero-order chi connectivity index (χ0) is 22.4. The van der Waals surface area contributed by atoms with Crippen LogP contribution >= 0.6 is 23.4 Å². The lowest BCUT2D eigenvalue weighted by atomic mass is 10.0. The highest BCUT2D eigenvalue weighted by molar-refractivity contribution is 7.99. The van der Waals surface area contributed by atoms with E-state index >= 15 is 0 Å². The minimum absolute atomic E-state index is 0.0787. The number of nitrogens with two attached hydrogens (primary N) is 1. The molecule has 1 aliphatic rings. The minimum atomic E-state index is -0.892. The second-order valence-corrected chi connectivity index (χ2v) is 9.22. The Morgan fingerprint density at radius 2 is 2.16 bits per heavy atom. The Kier molecular flexibility index (Phi) is 5.27. The van der Waals surface area contributed by atoms with Crippen LogP contribution in [0.1, 0.15) is 17.0 Å². The Bertz CT molecular complexity index is 1370. The molecule has 4 aromatic rings. The maximum atomic E-state index is 13.5. The molecule has 3 heterocycles. The van der Waals surface area contributed by atoms with Gasteiger partial charge in [0.05, 0.1) is 12.6 Å². The highest BCUT2D eigenvalue weighted by Gasteiger charge is 2.25. The summed E-state index contributed by atoms with van der Waals surface area (Å²) in [5.41, 5.74) is 9.09. The number of carboxylic acids is 1. The van der Waals surface area contributed by atoms with Crippen molar-refractivity contribution < 1.29 is 14.3 Å². The van der Waals surface area contributed by atoms with Gasteiger partial charge in [0.1, 0.15) is 0 Å². The lowest BCUT2D eigenvalue weighted by molar-refractivity contribution is -0.136. The van der Waals surface area contributed by atoms with E-state index in [0.29, 0.717) is 23.0 Å². The molecule has 1 unspecified atom stereocenters. The van der Waals surface area contributed by atoms with Crippen molar-refractivity contribution in [3.63, 3.8) is 0 Å². The summed E-state index contributed by atoms with van der Waals surface area (Å²) < 4.78 is 15.6. The molecule has 2 aromatic heterocycles. The summed E-state index contributed by atoms with van der Waals surface area (Å²) in [7, 11) is 0. The lowest BCUT2D eigenvalue weighted by Gasteiger charge is -2.14. The van der Waals surface area contributed by atoms with Crippen LogP contribution in [0.25, 0.3) is 22.3 Å². The van der Waals surface area contributed by atoms with Crippen molar-refractivity contribution >= 4 is 46.1 Å². The zero-order valence-electron chi connectivity index (χ0n) is 16.8. The van der Waals surface area contributed by atoms with Crippen LogP contribution in [0.5, 0.6) is 0 Å². The van der Waals surface area contributed by atoms with E-state index < -0.39 is 11.8 Å². The summed E-state index contributed by atoms with van der Waals surface area (Å²) in [5.74, 6) is -0.306. The molecule has 32 heavy (non-hydrogen) atoms. The Morgan fingerprint density at radius 1 is 1.31 bits per heavy atom. The quantitative estimate of drug-likeness (QED) is 0.428. The van der Waals surface area contributed by atoms with Crippen LogP contribution in [-0.2, 0) is 17.8 Å². The molecule has 5 rings (SSSR count). The standard InChI is InChI=1S/C23H18ClFN4O2S/c24-15-2-4-20-17(7-15)14(11-32-20)10-29-9-13(6-21(30)31)16-3-1-12(5-19(16)29)23-27-8-18(25)22(26)28-23/h1-5,7-9,14H,6,10-11H2,(H,30,31)(H2,26,27,28). The van der Waals surface area contributed by atoms with Crippen LogP contribution < -0.4 is 5.73 Å². The summed E-state index contributed by atoms with van der Waals surface area (Å²) in [6.07, 6.45) is 2.87. The molecule has 1 atom stereocenters. The number of thioether (sulfide) groups is 1. The topological polar surface area (TPSA) is 94.0 Å². The van der Waals surface area contributed by atoms with E-state index in [1.165, 1.54) is 10.5 Å². The second-order valence-electron chi connectivity index (χ2n) is 7.73. The first-order valence-corrected chi connectivity index (χ1v) is 11.3. The SMILES string of the molecule is Nc1nc(-c2ccc3c(CC(=O)O)cn(CC4CSc5ccc(Cl)cc54)c3c2)ncc1F. The van der Waals surface area contributed by atoms with E-state index in [9.17, 15) is 14.3 Å². The smallest absolute Gasteiger partial charge is 0.307 e. The Morgan fingerprint density at radius 3 is 2.94 bits per heavy atom. The first-order valence-electron chi connectivity index (χ1n) is 9.93. The molecule has 0 spiro atoms. The number of aromatic nitrogens is 3. The number of nitrogen functional groups attached to an aromatic ring is 1. The fraction of sp³-hybridized carbons (Fsp3) is 0.174. The number of carboxylic acid groups (broad SMARTS) is 1. The van der Waals surface area contributed by atoms with Gasteiger partial charge in [-0.1, -0.05) is 23.7 Å². The van der Waals surface area contributed by atoms with Crippen molar-refractivity contribution in [3.8, 4) is 11.4 Å². The molecule has 0 bridgehead atoms. The normalized spacial score (nSPS) is 15.2. The monoisotopic (exact) mass is 468 g/mol. The van der Waals surface area contributed by atoms with Gasteiger partial charge in [-0.3, -0.25) is 4.79 Å². The number of nitrogens with zero attached hydrogens (tertiary/aromatic N) is 3. The third-order valence-corrected chi connectivity index (χ3v) is 7.09. The van der Waals surface area contributed by atoms with Crippen molar-refractivity contribution in [3.05, 3.63) is 70.8 Å². The van der Waals surface area contributed by atoms with Crippen LogP contribution in [0, 0.1) is 5.82 Å². The maximum Gasteiger partial charge on any atom is 0.307 e. The first kappa shape index (κ1) is 20.8. The fourth-order valence-corrected chi connectivity index (χ4v) is 5.52. The third kappa shape index (κ3) is 3.80. The van der Waals surface area contributed by atoms with E-state index in [4.69, 9.17) is 17.3 Å². The molecular formula is C23H18ClFN4O2S. The number of anilines is 1. The predicted molar refractivity (Wildman–Crippen MR) is 124 cm³/mol. The van der Waals surface area contributed by atoms with Gasteiger partial charge in [0.25, 0.3) is 0 Å². The number of aliphatic carboxylic acids is 1. The predicted octanol–water partition coefficient (Wildman–Crippen LogP) is 4.99. The Labute approximate surface area is 192 Å². The van der Waals surface area contributed by atoms with E-state index in [-0.39, 0.29) is 18.2 Å². The molecule has 1 aliphatic heterocycles. The van der Waals surface area contributed by atoms with Gasteiger partial charge >= 0.3 is 5.97 Å². The Balaban J connectivity index is 1.59. The molecule has 0 amide bonds. The highest BCUT2D eigenvalue weighted by Crippen LogP contribution is 2.42. The van der Waals surface area contributed by atoms with Gasteiger partial charge in [-0.2, -0.15) is 0 Å². The van der Waals surface area contributed by atoms with Crippen molar-refractivity contribution in [2.75, 3.05) is 11.5 Å². The molecule has 0 radical (unpaired) electrons. The summed E-state index contributed by atoms with van der Waals surface area (Å²) in [6, 6.07) is 11.5. The van der Waals surface area contributed by atoms with Gasteiger partial charge in [-0.25, -0.2) is 14.4 Å². The van der Waals surface area contributed by atoms with Gasteiger partial charge in [-0.15, -0.1) is 11.8 Å². The van der Waals surface area contributed by atoms with Crippen molar-refractivity contribution in [2.24, 2.45) is 0 Å². The molecular weight excluding hydrogens is 451 g/mol. The number of halogens is 2. The molecule has 0 aliphatic carbocycles. The van der Waals surface area contributed by atoms with Crippen molar-refractivity contribution in [1.29, 1.82) is 0 Å². The summed E-state index contributed by atoms with van der Waals surface area (Å²) in [4.78, 5) is 20.8. The average Bonchev–Trinajstić information content (AvgIpc) is 3.31. The number of benzene rings is 2. The molecule has 0 saturated carbocycles. The van der Waals surface area contributed by atoms with Gasteiger partial charge in [-0.05, 0) is 35.4 Å². The third-order valence-electron chi connectivity index (χ3n) is 5.60. The zero-order valence-corrected chi connectivity index (χ0v) is 18.3.